The van der Waals surface area contributed by atoms with Gasteiger partial charge in [-0.15, -0.1) is 0 Å². The molecule has 2 N–H and O–H groups in total. The number of halogens is 2. The first-order chi connectivity index (χ1) is 13.4. The second-order valence-corrected chi connectivity index (χ2v) is 9.22. The van der Waals surface area contributed by atoms with Crippen molar-refractivity contribution in [1.82, 2.24) is 19.9 Å². The molecule has 1 aromatic heterocycles. The molecule has 1 saturated heterocycles. The van der Waals surface area contributed by atoms with Gasteiger partial charge in [-0.05, 0) is 45.2 Å². The summed E-state index contributed by atoms with van der Waals surface area (Å²) in [6.45, 7) is 1.59. The average molecular weight is 476 g/mol. The van der Waals surface area contributed by atoms with Gasteiger partial charge in [-0.25, -0.2) is 21.7 Å². The van der Waals surface area contributed by atoms with Crippen LogP contribution in [0.5, 0.6) is 0 Å². The highest BCUT2D eigenvalue weighted by Crippen LogP contribution is 2.19. The van der Waals surface area contributed by atoms with E-state index in [-0.39, 0.29) is 36.7 Å². The Kier molecular flexibility index (Phi) is 6.75. The third kappa shape index (κ3) is 4.93. The van der Waals surface area contributed by atoms with E-state index < -0.39 is 15.8 Å². The van der Waals surface area contributed by atoms with E-state index in [1.807, 2.05) is 0 Å². The topological polar surface area (TPSA) is 121 Å². The molecule has 0 spiro atoms. The van der Waals surface area contributed by atoms with E-state index in [9.17, 15) is 18.0 Å². The van der Waals surface area contributed by atoms with Gasteiger partial charge in [0.25, 0.3) is 0 Å². The number of sulfonamides is 1. The molecular formula is C16H19BrFN5O4S. The van der Waals surface area contributed by atoms with Crippen molar-refractivity contribution in [3.63, 3.8) is 0 Å². The fourth-order valence-electron chi connectivity index (χ4n) is 2.65. The summed E-state index contributed by atoms with van der Waals surface area (Å²) in [5.74, 6) is -0.412. The highest BCUT2D eigenvalue weighted by atomic mass is 79.9. The van der Waals surface area contributed by atoms with Crippen molar-refractivity contribution in [2.45, 2.75) is 19.4 Å². The van der Waals surface area contributed by atoms with Crippen LogP contribution in [0.1, 0.15) is 23.4 Å². The first-order valence-corrected chi connectivity index (χ1v) is 11.0. The molecule has 12 heteroatoms. The van der Waals surface area contributed by atoms with Crippen LogP contribution in [-0.4, -0.2) is 59.3 Å². The maximum Gasteiger partial charge on any atom is 0.215 e. The number of hydrogen-bond acceptors (Lipinski definition) is 8. The molecular weight excluding hydrogens is 457 g/mol. The second-order valence-electron chi connectivity index (χ2n) is 6.28. The van der Waals surface area contributed by atoms with Crippen molar-refractivity contribution in [2.24, 2.45) is 5.16 Å². The summed E-state index contributed by atoms with van der Waals surface area (Å²) in [6, 6.07) is 4.44. The maximum atomic E-state index is 13.4. The van der Waals surface area contributed by atoms with Gasteiger partial charge in [0.1, 0.15) is 17.2 Å². The van der Waals surface area contributed by atoms with Crippen LogP contribution >= 0.6 is 15.9 Å². The van der Waals surface area contributed by atoms with Crippen LogP contribution in [-0.2, 0) is 23.0 Å². The Hall–Kier alpha value is -1.89. The Bertz CT molecular complexity index is 962. The lowest BCUT2D eigenvalue weighted by molar-refractivity contribution is 0.299. The number of hydrogen-bond donors (Lipinski definition) is 2. The highest BCUT2D eigenvalue weighted by molar-refractivity contribution is 9.10. The van der Waals surface area contributed by atoms with E-state index in [0.29, 0.717) is 28.8 Å². The Morgan fingerprint density at radius 1 is 1.39 bits per heavy atom. The van der Waals surface area contributed by atoms with Crippen molar-refractivity contribution in [3.8, 4) is 0 Å². The molecule has 3 rings (SSSR count). The molecule has 0 bridgehead atoms. The Morgan fingerprint density at radius 3 is 2.82 bits per heavy atom. The predicted octanol–water partition coefficient (Wildman–Crippen LogP) is 1.52. The zero-order valence-corrected chi connectivity index (χ0v) is 17.2. The average Bonchev–Trinajstić information content (AvgIpc) is 3.06. The number of nitrogens with zero attached hydrogens (tertiary/aromatic N) is 4. The summed E-state index contributed by atoms with van der Waals surface area (Å²) in [4.78, 5) is 0. The smallest absolute Gasteiger partial charge is 0.215 e. The van der Waals surface area contributed by atoms with Gasteiger partial charge in [-0.1, -0.05) is 16.4 Å². The van der Waals surface area contributed by atoms with Gasteiger partial charge in [-0.3, -0.25) is 0 Å². The van der Waals surface area contributed by atoms with E-state index >= 15 is 0 Å². The van der Waals surface area contributed by atoms with Crippen molar-refractivity contribution < 1.29 is 22.6 Å². The molecule has 2 aromatic rings. The van der Waals surface area contributed by atoms with Gasteiger partial charge < -0.3 is 10.5 Å². The lowest BCUT2D eigenvalue weighted by atomic mass is 10.1. The zero-order valence-electron chi connectivity index (χ0n) is 14.8. The third-order valence-electron chi connectivity index (χ3n) is 4.34. The second kappa shape index (κ2) is 9.07. The molecule has 1 fully saturated rings. The van der Waals surface area contributed by atoms with Crippen molar-refractivity contribution >= 4 is 31.7 Å². The van der Waals surface area contributed by atoms with Crippen LogP contribution in [0.2, 0.25) is 0 Å². The van der Waals surface area contributed by atoms with E-state index in [0.717, 1.165) is 6.42 Å². The zero-order chi connectivity index (χ0) is 20.1. The summed E-state index contributed by atoms with van der Waals surface area (Å²) in [5.41, 5.74) is 1.53. The van der Waals surface area contributed by atoms with Crippen molar-refractivity contribution in [3.05, 3.63) is 45.4 Å². The van der Waals surface area contributed by atoms with Gasteiger partial charge in [0, 0.05) is 32.6 Å². The largest absolute Gasteiger partial charge is 0.411 e. The molecule has 1 aliphatic heterocycles. The molecule has 0 saturated carbocycles. The van der Waals surface area contributed by atoms with E-state index in [2.05, 4.69) is 36.7 Å². The van der Waals surface area contributed by atoms with Crippen LogP contribution < -0.4 is 5.32 Å². The molecule has 152 valence electrons. The van der Waals surface area contributed by atoms with Crippen LogP contribution in [0.15, 0.2) is 32.5 Å². The molecule has 0 amide bonds. The van der Waals surface area contributed by atoms with Crippen LogP contribution in [0.3, 0.4) is 0 Å². The summed E-state index contributed by atoms with van der Waals surface area (Å²) in [6.07, 6.45) is 1.08. The van der Waals surface area contributed by atoms with Gasteiger partial charge in [-0.2, -0.15) is 0 Å². The number of nitrogens with one attached hydrogen (secondary N) is 1. The Morgan fingerprint density at radius 2 is 2.18 bits per heavy atom. The Labute approximate surface area is 169 Å². The fraction of sp³-hybridized carbons (Fsp3) is 0.438. The van der Waals surface area contributed by atoms with Crippen LogP contribution in [0.25, 0.3) is 0 Å². The monoisotopic (exact) mass is 475 g/mol. The maximum absolute atomic E-state index is 13.4. The third-order valence-corrected chi connectivity index (χ3v) is 6.82. The molecule has 0 atom stereocenters. The van der Waals surface area contributed by atoms with Gasteiger partial charge in [0.05, 0.1) is 10.2 Å². The summed E-state index contributed by atoms with van der Waals surface area (Å²) in [5, 5.41) is 23.2. The first-order valence-electron chi connectivity index (χ1n) is 8.56. The first kappa shape index (κ1) is 20.8. The minimum Gasteiger partial charge on any atom is -0.411 e. The lowest BCUT2D eigenvalue weighted by Gasteiger charge is -2.29. The minimum atomic E-state index is -3.23. The summed E-state index contributed by atoms with van der Waals surface area (Å²) < 4.78 is 43.9. The molecule has 0 aliphatic carbocycles. The molecule has 1 aliphatic rings. The number of rotatable bonds is 9. The van der Waals surface area contributed by atoms with E-state index in [1.165, 1.54) is 10.4 Å². The standard InChI is InChI=1S/C16H19BrFN5O4S/c17-12-8-11(2-3-13(12)18)9-14(20-24)16-15(21-27-22-16)10-19-4-7-28(25,26)23-5-1-6-23/h2-3,8,19,24H,1,4-7,9-10H2/b20-14+. The number of oxime groups is 1. The molecule has 2 heterocycles. The quantitative estimate of drug-likeness (QED) is 0.244. The molecule has 0 unspecified atom stereocenters. The predicted molar refractivity (Wildman–Crippen MR) is 102 cm³/mol. The summed E-state index contributed by atoms with van der Waals surface area (Å²) >= 11 is 3.11. The van der Waals surface area contributed by atoms with Crippen molar-refractivity contribution in [2.75, 3.05) is 25.4 Å². The van der Waals surface area contributed by atoms with E-state index in [1.54, 1.807) is 12.1 Å². The lowest BCUT2D eigenvalue weighted by Crippen LogP contribution is -2.44. The van der Waals surface area contributed by atoms with Gasteiger partial charge >= 0.3 is 0 Å². The molecule has 28 heavy (non-hydrogen) atoms. The highest BCUT2D eigenvalue weighted by Gasteiger charge is 2.27. The number of benzene rings is 1. The van der Waals surface area contributed by atoms with Gasteiger partial charge in [0.15, 0.2) is 5.69 Å². The molecule has 1 aromatic carbocycles. The molecule has 9 nitrogen and oxygen atoms in total. The minimum absolute atomic E-state index is 0.0157. The Balaban J connectivity index is 1.59. The van der Waals surface area contributed by atoms with E-state index in [4.69, 9.17) is 4.63 Å². The van der Waals surface area contributed by atoms with Crippen molar-refractivity contribution in [1.29, 1.82) is 0 Å². The van der Waals surface area contributed by atoms with Gasteiger partial charge in [0.2, 0.25) is 10.0 Å². The number of aromatic nitrogens is 2. The van der Waals surface area contributed by atoms with Crippen LogP contribution in [0.4, 0.5) is 4.39 Å². The SMILES string of the molecule is O=S(=O)(CCNCc1nonc1/C(Cc1ccc(F)c(Br)c1)=N/O)N1CCC1. The normalized spacial score (nSPS) is 15.6. The summed E-state index contributed by atoms with van der Waals surface area (Å²) in [7, 11) is -3.23. The van der Waals surface area contributed by atoms with Crippen LogP contribution in [0, 0.1) is 5.82 Å². The molecule has 0 radical (unpaired) electrons. The fourth-order valence-corrected chi connectivity index (χ4v) is 4.55.